The predicted octanol–water partition coefficient (Wildman–Crippen LogP) is 3.95. The molecule has 0 heterocycles. The SMILES string of the molecule is NC(=O)c1ccc(C(=O)c2ccccc2)c(F)c1Oc1ccccc1. The zero-order chi connectivity index (χ0) is 17.8. The van der Waals surface area contributed by atoms with Crippen molar-refractivity contribution in [3.63, 3.8) is 0 Å². The molecule has 3 rings (SSSR count). The summed E-state index contributed by atoms with van der Waals surface area (Å²) in [5.74, 6) is -2.31. The highest BCUT2D eigenvalue weighted by Crippen LogP contribution is 2.31. The third-order valence-electron chi connectivity index (χ3n) is 3.61. The van der Waals surface area contributed by atoms with Gasteiger partial charge in [0, 0.05) is 5.56 Å². The number of benzene rings is 3. The summed E-state index contributed by atoms with van der Waals surface area (Å²) in [6.45, 7) is 0. The highest BCUT2D eigenvalue weighted by molar-refractivity contribution is 6.10. The van der Waals surface area contributed by atoms with E-state index in [1.807, 2.05) is 0 Å². The Balaban J connectivity index is 2.09. The molecule has 0 saturated heterocycles. The quantitative estimate of drug-likeness (QED) is 0.718. The number of halogens is 1. The number of primary amides is 1. The number of ketones is 1. The van der Waals surface area contributed by atoms with Crippen molar-refractivity contribution in [2.45, 2.75) is 0 Å². The fourth-order valence-corrected chi connectivity index (χ4v) is 2.38. The topological polar surface area (TPSA) is 69.4 Å². The first kappa shape index (κ1) is 16.4. The number of hydrogen-bond donors (Lipinski definition) is 1. The van der Waals surface area contributed by atoms with Gasteiger partial charge in [0.05, 0.1) is 11.1 Å². The van der Waals surface area contributed by atoms with Crippen LogP contribution < -0.4 is 10.5 Å². The summed E-state index contributed by atoms with van der Waals surface area (Å²) in [4.78, 5) is 24.1. The molecule has 4 nitrogen and oxygen atoms in total. The first-order valence-corrected chi connectivity index (χ1v) is 7.53. The molecular weight excluding hydrogens is 321 g/mol. The minimum atomic E-state index is -0.922. The fourth-order valence-electron chi connectivity index (χ4n) is 2.38. The summed E-state index contributed by atoms with van der Waals surface area (Å²) in [5.41, 5.74) is 5.31. The molecule has 0 aliphatic rings. The van der Waals surface area contributed by atoms with Gasteiger partial charge in [-0.25, -0.2) is 4.39 Å². The van der Waals surface area contributed by atoms with E-state index in [0.717, 1.165) is 0 Å². The average Bonchev–Trinajstić information content (AvgIpc) is 2.64. The van der Waals surface area contributed by atoms with Gasteiger partial charge in [-0.2, -0.15) is 0 Å². The molecule has 124 valence electrons. The molecule has 25 heavy (non-hydrogen) atoms. The smallest absolute Gasteiger partial charge is 0.252 e. The first-order chi connectivity index (χ1) is 12.1. The van der Waals surface area contributed by atoms with E-state index in [4.69, 9.17) is 10.5 Å². The van der Waals surface area contributed by atoms with Crippen LogP contribution in [0.2, 0.25) is 0 Å². The van der Waals surface area contributed by atoms with E-state index in [-0.39, 0.29) is 16.9 Å². The molecule has 0 aliphatic heterocycles. The largest absolute Gasteiger partial charge is 0.453 e. The number of rotatable bonds is 5. The zero-order valence-corrected chi connectivity index (χ0v) is 13.1. The molecular formula is C20H14FNO3. The molecule has 2 N–H and O–H groups in total. The molecule has 3 aromatic rings. The Morgan fingerprint density at radius 1 is 0.800 bits per heavy atom. The van der Waals surface area contributed by atoms with Crippen LogP contribution in [-0.2, 0) is 0 Å². The molecule has 0 radical (unpaired) electrons. The van der Waals surface area contributed by atoms with Gasteiger partial charge in [-0.15, -0.1) is 0 Å². The van der Waals surface area contributed by atoms with Crippen LogP contribution in [0.5, 0.6) is 11.5 Å². The van der Waals surface area contributed by atoms with Crippen LogP contribution in [0.15, 0.2) is 72.8 Å². The van der Waals surface area contributed by atoms with E-state index in [9.17, 15) is 14.0 Å². The highest BCUT2D eigenvalue weighted by Gasteiger charge is 2.23. The van der Waals surface area contributed by atoms with Crippen molar-refractivity contribution in [2.24, 2.45) is 5.73 Å². The van der Waals surface area contributed by atoms with Gasteiger partial charge in [0.2, 0.25) is 0 Å². The van der Waals surface area contributed by atoms with Gasteiger partial charge >= 0.3 is 0 Å². The van der Waals surface area contributed by atoms with Crippen molar-refractivity contribution in [3.8, 4) is 11.5 Å². The molecule has 0 fully saturated rings. The van der Waals surface area contributed by atoms with Crippen LogP contribution in [-0.4, -0.2) is 11.7 Å². The third-order valence-corrected chi connectivity index (χ3v) is 3.61. The Kier molecular flexibility index (Phi) is 4.57. The maximum absolute atomic E-state index is 15.0. The lowest BCUT2D eigenvalue weighted by atomic mass is 10.0. The summed E-state index contributed by atoms with van der Waals surface area (Å²) < 4.78 is 20.5. The van der Waals surface area contributed by atoms with Gasteiger partial charge in [0.15, 0.2) is 17.3 Å². The number of hydrogen-bond acceptors (Lipinski definition) is 3. The van der Waals surface area contributed by atoms with Gasteiger partial charge in [-0.1, -0.05) is 48.5 Å². The average molecular weight is 335 g/mol. The second kappa shape index (κ2) is 6.97. The van der Waals surface area contributed by atoms with Crippen LogP contribution in [0.4, 0.5) is 4.39 Å². The second-order valence-electron chi connectivity index (χ2n) is 5.28. The van der Waals surface area contributed by atoms with E-state index < -0.39 is 17.5 Å². The summed E-state index contributed by atoms with van der Waals surface area (Å²) in [6.07, 6.45) is 0. The number of amides is 1. The monoisotopic (exact) mass is 335 g/mol. The molecule has 0 aliphatic carbocycles. The lowest BCUT2D eigenvalue weighted by Gasteiger charge is -2.13. The maximum Gasteiger partial charge on any atom is 0.252 e. The molecule has 3 aromatic carbocycles. The number of carbonyl (C=O) groups excluding carboxylic acids is 2. The van der Waals surface area contributed by atoms with Gasteiger partial charge in [0.25, 0.3) is 5.91 Å². The summed E-state index contributed by atoms with van der Waals surface area (Å²) in [5, 5.41) is 0. The van der Waals surface area contributed by atoms with Crippen LogP contribution in [0.25, 0.3) is 0 Å². The Bertz CT molecular complexity index is 924. The van der Waals surface area contributed by atoms with Crippen molar-refractivity contribution < 1.29 is 18.7 Å². The summed E-state index contributed by atoms with van der Waals surface area (Å²) in [6, 6.07) is 19.2. The Hall–Kier alpha value is -3.47. The van der Waals surface area contributed by atoms with Crippen molar-refractivity contribution in [2.75, 3.05) is 0 Å². The molecule has 1 amide bonds. The van der Waals surface area contributed by atoms with E-state index in [1.165, 1.54) is 12.1 Å². The van der Waals surface area contributed by atoms with Crippen LogP contribution >= 0.6 is 0 Å². The Morgan fingerprint density at radius 2 is 1.36 bits per heavy atom. The molecule has 0 bridgehead atoms. The third kappa shape index (κ3) is 3.40. The minimum absolute atomic E-state index is 0.133. The fraction of sp³-hybridized carbons (Fsp3) is 0. The minimum Gasteiger partial charge on any atom is -0.453 e. The van der Waals surface area contributed by atoms with Crippen LogP contribution in [0.1, 0.15) is 26.3 Å². The first-order valence-electron chi connectivity index (χ1n) is 7.53. The van der Waals surface area contributed by atoms with Crippen molar-refractivity contribution in [1.82, 2.24) is 0 Å². The van der Waals surface area contributed by atoms with Gasteiger partial charge < -0.3 is 10.5 Å². The predicted molar refractivity (Wildman–Crippen MR) is 91.3 cm³/mol. The summed E-state index contributed by atoms with van der Waals surface area (Å²) >= 11 is 0. The number of carbonyl (C=O) groups is 2. The lowest BCUT2D eigenvalue weighted by molar-refractivity contribution is 0.0992. The van der Waals surface area contributed by atoms with Crippen molar-refractivity contribution >= 4 is 11.7 Å². The van der Waals surface area contributed by atoms with E-state index in [2.05, 4.69) is 0 Å². The molecule has 0 spiro atoms. The molecule has 0 unspecified atom stereocenters. The van der Waals surface area contributed by atoms with Crippen molar-refractivity contribution in [1.29, 1.82) is 0 Å². The Labute approximate surface area is 143 Å². The number of nitrogens with two attached hydrogens (primary N) is 1. The van der Waals surface area contributed by atoms with E-state index in [0.29, 0.717) is 11.3 Å². The van der Waals surface area contributed by atoms with E-state index >= 15 is 0 Å². The standard InChI is InChI=1S/C20H14FNO3/c21-17-15(18(23)13-7-3-1-4-8-13)11-12-16(20(22)24)19(17)25-14-9-5-2-6-10-14/h1-12H,(H2,22,24). The van der Waals surface area contributed by atoms with Crippen LogP contribution in [0.3, 0.4) is 0 Å². The molecule has 5 heteroatoms. The number of ether oxygens (including phenoxy) is 1. The molecule has 0 aromatic heterocycles. The van der Waals surface area contributed by atoms with Crippen molar-refractivity contribution in [3.05, 3.63) is 95.3 Å². The molecule has 0 saturated carbocycles. The van der Waals surface area contributed by atoms with E-state index in [1.54, 1.807) is 60.7 Å². The highest BCUT2D eigenvalue weighted by atomic mass is 19.1. The summed E-state index contributed by atoms with van der Waals surface area (Å²) in [7, 11) is 0. The second-order valence-corrected chi connectivity index (χ2v) is 5.28. The number of para-hydroxylation sites is 1. The van der Waals surface area contributed by atoms with Gasteiger partial charge in [-0.05, 0) is 24.3 Å². The maximum atomic E-state index is 15.0. The zero-order valence-electron chi connectivity index (χ0n) is 13.1. The van der Waals surface area contributed by atoms with Gasteiger partial charge in [0.1, 0.15) is 5.75 Å². The molecule has 0 atom stereocenters. The van der Waals surface area contributed by atoms with Crippen LogP contribution in [0, 0.1) is 5.82 Å². The normalized spacial score (nSPS) is 10.3. The Morgan fingerprint density at radius 3 is 1.96 bits per heavy atom. The lowest BCUT2D eigenvalue weighted by Crippen LogP contribution is -2.15. The van der Waals surface area contributed by atoms with Gasteiger partial charge in [-0.3, -0.25) is 9.59 Å².